The molecule has 2 nitrogen and oxygen atoms in total. The van der Waals surface area contributed by atoms with Crippen LogP contribution in [0.25, 0.3) is 0 Å². The summed E-state index contributed by atoms with van der Waals surface area (Å²) < 4.78 is 0. The average Bonchev–Trinajstić information content (AvgIpc) is 2.24. The van der Waals surface area contributed by atoms with Crippen molar-refractivity contribution in [1.29, 1.82) is 0 Å². The lowest BCUT2D eigenvalue weighted by molar-refractivity contribution is -0.148. The lowest BCUT2D eigenvalue weighted by Gasteiger charge is -2.25. The van der Waals surface area contributed by atoms with Crippen LogP contribution in [0.5, 0.6) is 0 Å². The molecule has 0 aliphatic carbocycles. The molecule has 1 unspecified atom stereocenters. The topological polar surface area (TPSA) is 37.3 Å². The predicted molar refractivity (Wildman–Crippen MR) is 70.8 cm³/mol. The minimum Gasteiger partial charge on any atom is -0.481 e. The molecule has 1 aromatic carbocycles. The molecule has 17 heavy (non-hydrogen) atoms. The van der Waals surface area contributed by atoms with Crippen LogP contribution in [0, 0.1) is 5.41 Å². The van der Waals surface area contributed by atoms with E-state index in [0.29, 0.717) is 28.5 Å². The van der Waals surface area contributed by atoms with Gasteiger partial charge in [0.2, 0.25) is 0 Å². The van der Waals surface area contributed by atoms with Gasteiger partial charge in [-0.05, 0) is 37.5 Å². The summed E-state index contributed by atoms with van der Waals surface area (Å²) in [5.74, 6) is -0.810. The van der Waals surface area contributed by atoms with Crippen LogP contribution >= 0.6 is 23.2 Å². The molecule has 1 aromatic rings. The van der Waals surface area contributed by atoms with Crippen LogP contribution in [0.2, 0.25) is 10.0 Å². The van der Waals surface area contributed by atoms with Gasteiger partial charge in [0, 0.05) is 10.0 Å². The molecule has 0 fully saturated rings. The predicted octanol–water partition coefficient (Wildman–Crippen LogP) is 4.43. The van der Waals surface area contributed by atoms with Crippen molar-refractivity contribution in [3.8, 4) is 0 Å². The number of carboxylic acids is 1. The average molecular weight is 275 g/mol. The number of hydrogen-bond acceptors (Lipinski definition) is 1. The first kappa shape index (κ1) is 14.3. The van der Waals surface area contributed by atoms with Crippen molar-refractivity contribution in [1.82, 2.24) is 0 Å². The molecule has 0 amide bonds. The molecule has 0 aromatic heterocycles. The highest BCUT2D eigenvalue weighted by Gasteiger charge is 2.33. The number of carboxylic acid groups (broad SMARTS) is 1. The molecule has 0 saturated carbocycles. The fourth-order valence-electron chi connectivity index (χ4n) is 1.91. The number of carbonyl (C=O) groups is 1. The number of aliphatic carboxylic acids is 1. The van der Waals surface area contributed by atoms with Gasteiger partial charge in [-0.3, -0.25) is 4.79 Å². The maximum Gasteiger partial charge on any atom is 0.309 e. The van der Waals surface area contributed by atoms with Crippen LogP contribution in [-0.2, 0) is 11.2 Å². The standard InChI is InChI=1S/C13H16Cl2O2/c1-3-7-13(2,12(16)17)8-9-10(14)5-4-6-11(9)15/h4-6H,3,7-8H2,1-2H3,(H,16,17). The molecule has 94 valence electrons. The first-order chi connectivity index (χ1) is 7.90. The summed E-state index contributed by atoms with van der Waals surface area (Å²) in [5.41, 5.74) is -0.0993. The Bertz CT molecular complexity index is 398. The Morgan fingerprint density at radius 3 is 2.29 bits per heavy atom. The van der Waals surface area contributed by atoms with Gasteiger partial charge < -0.3 is 5.11 Å². The van der Waals surface area contributed by atoms with Crippen LogP contribution in [0.15, 0.2) is 18.2 Å². The van der Waals surface area contributed by atoms with Crippen LogP contribution in [0.4, 0.5) is 0 Å². The maximum absolute atomic E-state index is 11.4. The molecule has 0 aliphatic heterocycles. The van der Waals surface area contributed by atoms with Crippen molar-refractivity contribution < 1.29 is 9.90 Å². The van der Waals surface area contributed by atoms with Gasteiger partial charge in [-0.25, -0.2) is 0 Å². The lowest BCUT2D eigenvalue weighted by Crippen LogP contribution is -2.30. The fourth-order valence-corrected chi connectivity index (χ4v) is 2.45. The number of halogens is 2. The van der Waals surface area contributed by atoms with E-state index in [-0.39, 0.29) is 0 Å². The third-order valence-corrected chi connectivity index (χ3v) is 3.65. The van der Waals surface area contributed by atoms with Gasteiger partial charge in [-0.15, -0.1) is 0 Å². The number of benzene rings is 1. The van der Waals surface area contributed by atoms with Crippen molar-refractivity contribution in [2.45, 2.75) is 33.1 Å². The Balaban J connectivity index is 3.06. The molecule has 1 rings (SSSR count). The lowest BCUT2D eigenvalue weighted by atomic mass is 9.80. The molecular weight excluding hydrogens is 259 g/mol. The third-order valence-electron chi connectivity index (χ3n) is 2.95. The van der Waals surface area contributed by atoms with E-state index >= 15 is 0 Å². The van der Waals surface area contributed by atoms with E-state index in [0.717, 1.165) is 6.42 Å². The highest BCUT2D eigenvalue weighted by molar-refractivity contribution is 6.36. The molecule has 0 radical (unpaired) electrons. The van der Waals surface area contributed by atoms with Gasteiger partial charge in [0.1, 0.15) is 0 Å². The van der Waals surface area contributed by atoms with Gasteiger partial charge >= 0.3 is 5.97 Å². The largest absolute Gasteiger partial charge is 0.481 e. The number of rotatable bonds is 5. The van der Waals surface area contributed by atoms with E-state index in [1.54, 1.807) is 25.1 Å². The molecule has 1 atom stereocenters. The second kappa shape index (κ2) is 5.74. The van der Waals surface area contributed by atoms with Crippen molar-refractivity contribution in [2.24, 2.45) is 5.41 Å². The van der Waals surface area contributed by atoms with Crippen molar-refractivity contribution in [2.75, 3.05) is 0 Å². The summed E-state index contributed by atoms with van der Waals surface area (Å²) in [6.07, 6.45) is 1.77. The Labute approximate surface area is 112 Å². The zero-order valence-corrected chi connectivity index (χ0v) is 11.5. The molecule has 0 bridgehead atoms. The van der Waals surface area contributed by atoms with Crippen molar-refractivity contribution in [3.63, 3.8) is 0 Å². The summed E-state index contributed by atoms with van der Waals surface area (Å²) in [7, 11) is 0. The van der Waals surface area contributed by atoms with Gasteiger partial charge in [-0.1, -0.05) is 42.6 Å². The molecule has 0 saturated heterocycles. The fraction of sp³-hybridized carbons (Fsp3) is 0.462. The minimum absolute atomic E-state index is 0.356. The zero-order valence-electron chi connectivity index (χ0n) is 9.96. The Hall–Kier alpha value is -0.730. The molecule has 4 heteroatoms. The molecule has 0 heterocycles. The van der Waals surface area contributed by atoms with E-state index in [2.05, 4.69) is 0 Å². The molecule has 0 aliphatic rings. The molecule has 0 spiro atoms. The third kappa shape index (κ3) is 3.36. The zero-order chi connectivity index (χ0) is 13.1. The normalized spacial score (nSPS) is 14.4. The SMILES string of the molecule is CCCC(C)(Cc1c(Cl)cccc1Cl)C(=O)O. The number of hydrogen-bond donors (Lipinski definition) is 1. The van der Waals surface area contributed by atoms with E-state index in [1.807, 2.05) is 6.92 Å². The second-order valence-electron chi connectivity index (χ2n) is 4.49. The molecule has 1 N–H and O–H groups in total. The maximum atomic E-state index is 11.4. The van der Waals surface area contributed by atoms with E-state index in [4.69, 9.17) is 23.2 Å². The van der Waals surface area contributed by atoms with Crippen molar-refractivity contribution >= 4 is 29.2 Å². The second-order valence-corrected chi connectivity index (χ2v) is 5.31. The van der Waals surface area contributed by atoms with Crippen LogP contribution < -0.4 is 0 Å². The van der Waals surface area contributed by atoms with Gasteiger partial charge in [0.15, 0.2) is 0 Å². The van der Waals surface area contributed by atoms with Crippen LogP contribution in [0.1, 0.15) is 32.3 Å². The minimum atomic E-state index is -0.816. The highest BCUT2D eigenvalue weighted by atomic mass is 35.5. The van der Waals surface area contributed by atoms with E-state index < -0.39 is 11.4 Å². The quantitative estimate of drug-likeness (QED) is 0.863. The van der Waals surface area contributed by atoms with Crippen LogP contribution in [0.3, 0.4) is 0 Å². The van der Waals surface area contributed by atoms with E-state index in [9.17, 15) is 9.90 Å². The summed E-state index contributed by atoms with van der Waals surface area (Å²) in [5, 5.41) is 10.4. The Kier molecular flexibility index (Phi) is 4.84. The first-order valence-electron chi connectivity index (χ1n) is 5.57. The molecular formula is C13H16Cl2O2. The van der Waals surface area contributed by atoms with Crippen LogP contribution in [-0.4, -0.2) is 11.1 Å². The summed E-state index contributed by atoms with van der Waals surface area (Å²) in [6.45, 7) is 3.70. The highest BCUT2D eigenvalue weighted by Crippen LogP contribution is 2.34. The van der Waals surface area contributed by atoms with Gasteiger partial charge in [0.25, 0.3) is 0 Å². The summed E-state index contributed by atoms with van der Waals surface area (Å²) >= 11 is 12.1. The first-order valence-corrected chi connectivity index (χ1v) is 6.32. The van der Waals surface area contributed by atoms with Crippen molar-refractivity contribution in [3.05, 3.63) is 33.8 Å². The summed E-state index contributed by atoms with van der Waals surface area (Å²) in [4.78, 5) is 11.4. The van der Waals surface area contributed by atoms with Gasteiger partial charge in [-0.2, -0.15) is 0 Å². The Morgan fingerprint density at radius 2 is 1.88 bits per heavy atom. The Morgan fingerprint density at radius 1 is 1.35 bits per heavy atom. The monoisotopic (exact) mass is 274 g/mol. The van der Waals surface area contributed by atoms with Gasteiger partial charge in [0.05, 0.1) is 5.41 Å². The smallest absolute Gasteiger partial charge is 0.309 e. The summed E-state index contributed by atoms with van der Waals surface area (Å²) in [6, 6.07) is 5.22. The van der Waals surface area contributed by atoms with E-state index in [1.165, 1.54) is 0 Å².